The van der Waals surface area contributed by atoms with Gasteiger partial charge in [0.2, 0.25) is 0 Å². The maximum atomic E-state index is 9.57. The molecule has 0 spiro atoms. The Bertz CT molecular complexity index is 558. The third-order valence-corrected chi connectivity index (χ3v) is 4.25. The summed E-state index contributed by atoms with van der Waals surface area (Å²) >= 11 is 0. The van der Waals surface area contributed by atoms with Gasteiger partial charge in [-0.3, -0.25) is 0 Å². The number of benzene rings is 1. The number of nitrogens with zero attached hydrogens (tertiary/aromatic N) is 1. The van der Waals surface area contributed by atoms with E-state index in [2.05, 4.69) is 54.6 Å². The van der Waals surface area contributed by atoms with Gasteiger partial charge in [0.1, 0.15) is 5.75 Å². The minimum absolute atomic E-state index is 0. The number of hydrogen-bond donors (Lipinski definition) is 3. The predicted molar refractivity (Wildman–Crippen MR) is 121 cm³/mol. The second kappa shape index (κ2) is 12.4. The minimum atomic E-state index is -0.147. The molecule has 0 amide bonds. The highest BCUT2D eigenvalue weighted by atomic mass is 127. The first-order valence-electron chi connectivity index (χ1n) is 9.22. The molecule has 0 radical (unpaired) electrons. The first-order chi connectivity index (χ1) is 11.8. The molecule has 26 heavy (non-hydrogen) atoms. The number of rotatable bonds is 9. The number of halogens is 1. The molecular weight excluding hydrogens is 441 g/mol. The van der Waals surface area contributed by atoms with E-state index in [0.29, 0.717) is 13.1 Å². The molecule has 3 N–H and O–H groups in total. The Kier molecular flexibility index (Phi) is 11.9. The number of aryl methyl sites for hydroxylation is 1. The Morgan fingerprint density at radius 2 is 1.96 bits per heavy atom. The van der Waals surface area contributed by atoms with Gasteiger partial charge in [-0.25, -0.2) is 4.99 Å². The van der Waals surface area contributed by atoms with Crippen molar-refractivity contribution in [3.8, 4) is 5.75 Å². The lowest BCUT2D eigenvalue weighted by Gasteiger charge is -2.27. The standard InChI is InChI=1S/C20H35N3O2.HI/c1-7-20(6,14-24)13-23-19(21-8-2)22-12-17-10-9-16(5)11-18(17)25-15(3)4;/h9-11,15,24H,7-8,12-14H2,1-6H3,(H2,21,22,23);1H. The number of aliphatic hydroxyl groups is 1. The van der Waals surface area contributed by atoms with Crippen LogP contribution in [0.3, 0.4) is 0 Å². The third-order valence-electron chi connectivity index (χ3n) is 4.25. The van der Waals surface area contributed by atoms with Crippen molar-refractivity contribution in [1.29, 1.82) is 0 Å². The zero-order valence-electron chi connectivity index (χ0n) is 17.1. The molecule has 0 aromatic heterocycles. The lowest BCUT2D eigenvalue weighted by atomic mass is 9.89. The molecule has 1 unspecified atom stereocenters. The van der Waals surface area contributed by atoms with Gasteiger partial charge in [0.15, 0.2) is 5.96 Å². The van der Waals surface area contributed by atoms with Crippen molar-refractivity contribution in [2.24, 2.45) is 10.4 Å². The van der Waals surface area contributed by atoms with Crippen LogP contribution in [0.25, 0.3) is 0 Å². The molecule has 0 fully saturated rings. The summed E-state index contributed by atoms with van der Waals surface area (Å²) in [5.41, 5.74) is 2.10. The van der Waals surface area contributed by atoms with E-state index < -0.39 is 0 Å². The zero-order valence-corrected chi connectivity index (χ0v) is 19.4. The summed E-state index contributed by atoms with van der Waals surface area (Å²) in [6.45, 7) is 14.5. The topological polar surface area (TPSA) is 65.9 Å². The number of aliphatic hydroxyl groups excluding tert-OH is 1. The van der Waals surface area contributed by atoms with Gasteiger partial charge in [-0.05, 0) is 45.7 Å². The Hall–Kier alpha value is -1.02. The van der Waals surface area contributed by atoms with Crippen molar-refractivity contribution in [2.45, 2.75) is 60.6 Å². The van der Waals surface area contributed by atoms with Gasteiger partial charge in [-0.2, -0.15) is 0 Å². The van der Waals surface area contributed by atoms with Crippen LogP contribution in [0, 0.1) is 12.3 Å². The second-order valence-electron chi connectivity index (χ2n) is 7.15. The molecule has 0 bridgehead atoms. The van der Waals surface area contributed by atoms with Crippen molar-refractivity contribution in [2.75, 3.05) is 19.7 Å². The lowest BCUT2D eigenvalue weighted by molar-refractivity contribution is 0.140. The second-order valence-corrected chi connectivity index (χ2v) is 7.15. The number of hydrogen-bond acceptors (Lipinski definition) is 3. The van der Waals surface area contributed by atoms with Crippen LogP contribution < -0.4 is 15.4 Å². The van der Waals surface area contributed by atoms with E-state index >= 15 is 0 Å². The SMILES string of the molecule is CCNC(=NCc1ccc(C)cc1OC(C)C)NCC(C)(CC)CO.I. The zero-order chi connectivity index (χ0) is 18.9. The number of aliphatic imine (C=N–C) groups is 1. The molecule has 150 valence electrons. The van der Waals surface area contributed by atoms with E-state index in [0.717, 1.165) is 30.2 Å². The molecule has 0 aliphatic rings. The van der Waals surface area contributed by atoms with Crippen LogP contribution in [0.15, 0.2) is 23.2 Å². The lowest BCUT2D eigenvalue weighted by Crippen LogP contribution is -2.43. The minimum Gasteiger partial charge on any atom is -0.491 e. The molecule has 0 saturated carbocycles. The van der Waals surface area contributed by atoms with Gasteiger partial charge in [0, 0.05) is 24.1 Å². The third kappa shape index (κ3) is 8.58. The van der Waals surface area contributed by atoms with Gasteiger partial charge in [0.05, 0.1) is 19.3 Å². The van der Waals surface area contributed by atoms with E-state index in [9.17, 15) is 5.11 Å². The fourth-order valence-corrected chi connectivity index (χ4v) is 2.25. The molecular formula is C20H36IN3O2. The van der Waals surface area contributed by atoms with Crippen LogP contribution in [0.1, 0.15) is 52.2 Å². The van der Waals surface area contributed by atoms with Crippen molar-refractivity contribution < 1.29 is 9.84 Å². The summed E-state index contributed by atoms with van der Waals surface area (Å²) in [5, 5.41) is 16.2. The Labute approximate surface area is 176 Å². The molecule has 1 atom stereocenters. The van der Waals surface area contributed by atoms with Crippen LogP contribution >= 0.6 is 24.0 Å². The van der Waals surface area contributed by atoms with Crippen molar-refractivity contribution in [3.63, 3.8) is 0 Å². The van der Waals surface area contributed by atoms with Gasteiger partial charge in [0.25, 0.3) is 0 Å². The highest BCUT2D eigenvalue weighted by Gasteiger charge is 2.21. The average molecular weight is 477 g/mol. The predicted octanol–water partition coefficient (Wildman–Crippen LogP) is 3.86. The summed E-state index contributed by atoms with van der Waals surface area (Å²) < 4.78 is 5.92. The smallest absolute Gasteiger partial charge is 0.191 e. The maximum absolute atomic E-state index is 9.57. The van der Waals surface area contributed by atoms with Crippen molar-refractivity contribution >= 4 is 29.9 Å². The summed E-state index contributed by atoms with van der Waals surface area (Å²) in [5.74, 6) is 1.65. The molecule has 6 heteroatoms. The van der Waals surface area contributed by atoms with Crippen molar-refractivity contribution in [1.82, 2.24) is 10.6 Å². The molecule has 1 rings (SSSR count). The van der Waals surface area contributed by atoms with Crippen LogP contribution in [0.5, 0.6) is 5.75 Å². The fraction of sp³-hybridized carbons (Fsp3) is 0.650. The first kappa shape index (κ1) is 25.0. The molecule has 0 saturated heterocycles. The molecule has 5 nitrogen and oxygen atoms in total. The van der Waals surface area contributed by atoms with Crippen molar-refractivity contribution in [3.05, 3.63) is 29.3 Å². The summed E-state index contributed by atoms with van der Waals surface area (Å²) in [6, 6.07) is 6.22. The summed E-state index contributed by atoms with van der Waals surface area (Å²) in [4.78, 5) is 4.69. The number of nitrogens with one attached hydrogen (secondary N) is 2. The molecule has 1 aromatic rings. The van der Waals surface area contributed by atoms with E-state index in [-0.39, 0.29) is 42.1 Å². The Balaban J connectivity index is 0.00000625. The monoisotopic (exact) mass is 477 g/mol. The highest BCUT2D eigenvalue weighted by molar-refractivity contribution is 14.0. The highest BCUT2D eigenvalue weighted by Crippen LogP contribution is 2.22. The van der Waals surface area contributed by atoms with E-state index in [1.807, 2.05) is 20.8 Å². The van der Waals surface area contributed by atoms with Gasteiger partial charge < -0.3 is 20.5 Å². The molecule has 0 aliphatic heterocycles. The van der Waals surface area contributed by atoms with Crippen LogP contribution in [0.2, 0.25) is 0 Å². The van der Waals surface area contributed by atoms with Gasteiger partial charge in [-0.15, -0.1) is 24.0 Å². The number of ether oxygens (including phenoxy) is 1. The molecule has 0 aliphatic carbocycles. The van der Waals surface area contributed by atoms with Gasteiger partial charge >= 0.3 is 0 Å². The van der Waals surface area contributed by atoms with Gasteiger partial charge in [-0.1, -0.05) is 26.0 Å². The largest absolute Gasteiger partial charge is 0.491 e. The first-order valence-corrected chi connectivity index (χ1v) is 9.22. The quantitative estimate of drug-likeness (QED) is 0.287. The van der Waals surface area contributed by atoms with Crippen LogP contribution in [-0.2, 0) is 6.54 Å². The average Bonchev–Trinajstić information content (AvgIpc) is 2.58. The fourth-order valence-electron chi connectivity index (χ4n) is 2.25. The van der Waals surface area contributed by atoms with E-state index in [1.165, 1.54) is 5.56 Å². The molecule has 0 heterocycles. The maximum Gasteiger partial charge on any atom is 0.191 e. The Morgan fingerprint density at radius 1 is 1.27 bits per heavy atom. The number of guanidine groups is 1. The summed E-state index contributed by atoms with van der Waals surface area (Å²) in [7, 11) is 0. The molecule has 1 aromatic carbocycles. The summed E-state index contributed by atoms with van der Waals surface area (Å²) in [6.07, 6.45) is 1.03. The van der Waals surface area contributed by atoms with E-state index in [1.54, 1.807) is 0 Å². The Morgan fingerprint density at radius 3 is 2.50 bits per heavy atom. The van der Waals surface area contributed by atoms with Crippen LogP contribution in [0.4, 0.5) is 0 Å². The normalized spacial score (nSPS) is 13.8. The van der Waals surface area contributed by atoms with E-state index in [4.69, 9.17) is 4.74 Å². The van der Waals surface area contributed by atoms with Crippen LogP contribution in [-0.4, -0.2) is 36.9 Å².